The summed E-state index contributed by atoms with van der Waals surface area (Å²) in [4.78, 5) is 10.4. The van der Waals surface area contributed by atoms with Crippen LogP contribution in [0.3, 0.4) is 0 Å². The Hall–Kier alpha value is -2.37. The fourth-order valence-electron chi connectivity index (χ4n) is 1.75. The molecule has 2 rings (SSSR count). The van der Waals surface area contributed by atoms with Crippen LogP contribution in [-0.2, 0) is 6.42 Å². The zero-order valence-electron chi connectivity index (χ0n) is 10.1. The molecule has 0 aliphatic heterocycles. The van der Waals surface area contributed by atoms with Crippen LogP contribution in [0.5, 0.6) is 5.75 Å². The summed E-state index contributed by atoms with van der Waals surface area (Å²) in [5.41, 5.74) is 2.31. The van der Waals surface area contributed by atoms with Crippen LogP contribution in [-0.4, -0.2) is 22.2 Å². The maximum Gasteiger partial charge on any atom is 0.393 e. The van der Waals surface area contributed by atoms with E-state index in [2.05, 4.69) is 10.2 Å². The first-order chi connectivity index (χ1) is 8.61. The summed E-state index contributed by atoms with van der Waals surface area (Å²) >= 11 is 0. The number of nitrogens with one attached hydrogen (secondary N) is 1. The second-order valence-electron chi connectivity index (χ2n) is 3.93. The number of benzene rings is 1. The van der Waals surface area contributed by atoms with Gasteiger partial charge in [0, 0.05) is 6.42 Å². The molecule has 18 heavy (non-hydrogen) atoms. The number of rotatable bonds is 4. The van der Waals surface area contributed by atoms with Gasteiger partial charge in [-0.3, -0.25) is 0 Å². The molecule has 1 heterocycles. The highest BCUT2D eigenvalue weighted by Gasteiger charge is 2.20. The van der Waals surface area contributed by atoms with E-state index < -0.39 is 4.92 Å². The van der Waals surface area contributed by atoms with E-state index in [1.54, 1.807) is 14.0 Å². The van der Waals surface area contributed by atoms with Crippen LogP contribution in [0.1, 0.15) is 16.8 Å². The summed E-state index contributed by atoms with van der Waals surface area (Å²) in [6, 6.07) is 7.43. The number of methoxy groups -OCH3 is 1. The molecule has 0 spiro atoms. The topological polar surface area (TPSA) is 81.1 Å². The van der Waals surface area contributed by atoms with Gasteiger partial charge in [0.25, 0.3) is 0 Å². The van der Waals surface area contributed by atoms with E-state index in [4.69, 9.17) is 4.74 Å². The number of aromatic nitrogens is 2. The van der Waals surface area contributed by atoms with E-state index in [1.165, 1.54) is 0 Å². The van der Waals surface area contributed by atoms with Gasteiger partial charge in [-0.2, -0.15) is 5.10 Å². The molecule has 0 amide bonds. The monoisotopic (exact) mass is 247 g/mol. The van der Waals surface area contributed by atoms with Crippen molar-refractivity contribution in [3.05, 3.63) is 51.2 Å². The Labute approximate surface area is 104 Å². The van der Waals surface area contributed by atoms with Crippen LogP contribution < -0.4 is 4.74 Å². The molecule has 6 heteroatoms. The Balaban J connectivity index is 2.27. The SMILES string of the molecule is COc1ccc(Cc2c([N+](=O)[O-])n[nH]c2C)cc1. The number of hydrogen-bond donors (Lipinski definition) is 1. The molecule has 0 saturated heterocycles. The molecule has 94 valence electrons. The number of aromatic amines is 1. The van der Waals surface area contributed by atoms with Gasteiger partial charge in [0.05, 0.1) is 23.5 Å². The molecule has 6 nitrogen and oxygen atoms in total. The average molecular weight is 247 g/mol. The Morgan fingerprint density at radius 2 is 2.06 bits per heavy atom. The minimum Gasteiger partial charge on any atom is -0.497 e. The first-order valence-electron chi connectivity index (χ1n) is 5.43. The first kappa shape index (κ1) is 12.1. The zero-order chi connectivity index (χ0) is 13.1. The lowest BCUT2D eigenvalue weighted by Gasteiger charge is -2.03. The molecule has 0 saturated carbocycles. The third-order valence-corrected chi connectivity index (χ3v) is 2.76. The van der Waals surface area contributed by atoms with Gasteiger partial charge in [-0.1, -0.05) is 12.1 Å². The number of nitrogens with zero attached hydrogens (tertiary/aromatic N) is 2. The molecule has 0 atom stereocenters. The van der Waals surface area contributed by atoms with Gasteiger partial charge in [0.15, 0.2) is 0 Å². The van der Waals surface area contributed by atoms with E-state index in [0.29, 0.717) is 12.0 Å². The van der Waals surface area contributed by atoms with Crippen molar-refractivity contribution in [1.29, 1.82) is 0 Å². The van der Waals surface area contributed by atoms with Crippen LogP contribution in [0.2, 0.25) is 0 Å². The van der Waals surface area contributed by atoms with Gasteiger partial charge in [0.2, 0.25) is 0 Å². The smallest absolute Gasteiger partial charge is 0.393 e. The van der Waals surface area contributed by atoms with Crippen molar-refractivity contribution in [1.82, 2.24) is 10.2 Å². The van der Waals surface area contributed by atoms with Crippen LogP contribution in [0.25, 0.3) is 0 Å². The molecule has 0 radical (unpaired) electrons. The molecule has 0 fully saturated rings. The molecule has 0 unspecified atom stereocenters. The lowest BCUT2D eigenvalue weighted by molar-refractivity contribution is -0.390. The zero-order valence-corrected chi connectivity index (χ0v) is 10.1. The van der Waals surface area contributed by atoms with Crippen molar-refractivity contribution >= 4 is 5.82 Å². The summed E-state index contributed by atoms with van der Waals surface area (Å²) in [5, 5.41) is 17.2. The fourth-order valence-corrected chi connectivity index (χ4v) is 1.75. The summed E-state index contributed by atoms with van der Waals surface area (Å²) in [5.74, 6) is 0.653. The van der Waals surface area contributed by atoms with Crippen molar-refractivity contribution in [2.45, 2.75) is 13.3 Å². The Kier molecular flexibility index (Phi) is 3.27. The van der Waals surface area contributed by atoms with Crippen LogP contribution in [0, 0.1) is 17.0 Å². The Morgan fingerprint density at radius 1 is 1.39 bits per heavy atom. The van der Waals surface area contributed by atoms with Crippen molar-refractivity contribution < 1.29 is 9.66 Å². The predicted octanol–water partition coefficient (Wildman–Crippen LogP) is 2.23. The molecule has 1 aromatic carbocycles. The second-order valence-corrected chi connectivity index (χ2v) is 3.93. The van der Waals surface area contributed by atoms with Crippen molar-refractivity contribution in [3.8, 4) is 5.75 Å². The number of aryl methyl sites for hydroxylation is 1. The second kappa shape index (κ2) is 4.87. The maximum atomic E-state index is 10.8. The van der Waals surface area contributed by atoms with Gasteiger partial charge in [-0.15, -0.1) is 0 Å². The minimum atomic E-state index is -0.470. The Bertz CT molecular complexity index is 560. The van der Waals surface area contributed by atoms with Crippen molar-refractivity contribution in [2.75, 3.05) is 7.11 Å². The van der Waals surface area contributed by atoms with Gasteiger partial charge < -0.3 is 14.9 Å². The summed E-state index contributed by atoms with van der Waals surface area (Å²) in [6.45, 7) is 1.78. The van der Waals surface area contributed by atoms with Crippen LogP contribution in [0.4, 0.5) is 5.82 Å². The van der Waals surface area contributed by atoms with Crippen molar-refractivity contribution in [3.63, 3.8) is 0 Å². The maximum absolute atomic E-state index is 10.8. The van der Waals surface area contributed by atoms with Gasteiger partial charge >= 0.3 is 5.82 Å². The third-order valence-electron chi connectivity index (χ3n) is 2.76. The van der Waals surface area contributed by atoms with E-state index in [9.17, 15) is 10.1 Å². The van der Waals surface area contributed by atoms with Gasteiger partial charge in [-0.05, 0) is 29.5 Å². The highest BCUT2D eigenvalue weighted by molar-refractivity contribution is 5.40. The summed E-state index contributed by atoms with van der Waals surface area (Å²) in [6.07, 6.45) is 0.475. The fraction of sp³-hybridized carbons (Fsp3) is 0.250. The normalized spacial score (nSPS) is 10.3. The van der Waals surface area contributed by atoms with Gasteiger partial charge in [0.1, 0.15) is 5.75 Å². The highest BCUT2D eigenvalue weighted by atomic mass is 16.6. The summed E-state index contributed by atoms with van der Waals surface area (Å²) < 4.78 is 5.06. The van der Waals surface area contributed by atoms with Crippen molar-refractivity contribution in [2.24, 2.45) is 0 Å². The quantitative estimate of drug-likeness (QED) is 0.663. The Morgan fingerprint density at radius 3 is 2.61 bits per heavy atom. The largest absolute Gasteiger partial charge is 0.497 e. The molecular weight excluding hydrogens is 234 g/mol. The number of hydrogen-bond acceptors (Lipinski definition) is 4. The molecule has 0 aliphatic carbocycles. The highest BCUT2D eigenvalue weighted by Crippen LogP contribution is 2.22. The average Bonchev–Trinajstić information content (AvgIpc) is 2.72. The number of nitro groups is 1. The molecular formula is C12H13N3O3. The van der Waals surface area contributed by atoms with E-state index in [-0.39, 0.29) is 5.82 Å². The molecule has 0 bridgehead atoms. The molecule has 1 N–H and O–H groups in total. The third kappa shape index (κ3) is 2.32. The minimum absolute atomic E-state index is 0.108. The van der Waals surface area contributed by atoms with E-state index in [1.807, 2.05) is 24.3 Å². The van der Waals surface area contributed by atoms with Crippen LogP contribution >= 0.6 is 0 Å². The lowest BCUT2D eigenvalue weighted by Crippen LogP contribution is -1.96. The number of ether oxygens (including phenoxy) is 1. The predicted molar refractivity (Wildman–Crippen MR) is 65.8 cm³/mol. The molecule has 0 aliphatic rings. The summed E-state index contributed by atoms with van der Waals surface area (Å²) in [7, 11) is 1.60. The molecule has 1 aromatic heterocycles. The lowest BCUT2D eigenvalue weighted by atomic mass is 10.1. The molecule has 2 aromatic rings. The van der Waals surface area contributed by atoms with Gasteiger partial charge in [-0.25, -0.2) is 0 Å². The standard InChI is InChI=1S/C12H13N3O3/c1-8-11(12(14-13-8)15(16)17)7-9-3-5-10(18-2)6-4-9/h3-6H,7H2,1-2H3,(H,13,14). The van der Waals surface area contributed by atoms with Crippen LogP contribution in [0.15, 0.2) is 24.3 Å². The van der Waals surface area contributed by atoms with E-state index >= 15 is 0 Å². The van der Waals surface area contributed by atoms with E-state index in [0.717, 1.165) is 17.0 Å². The number of H-pyrrole nitrogens is 1. The first-order valence-corrected chi connectivity index (χ1v) is 5.43.